The van der Waals surface area contributed by atoms with Gasteiger partial charge in [-0.1, -0.05) is 42.5 Å². The quantitative estimate of drug-likeness (QED) is 0.776. The third-order valence-electron chi connectivity index (χ3n) is 4.17. The molecule has 6 heteroatoms. The fraction of sp³-hybridized carbons (Fsp3) is 0.250. The Labute approximate surface area is 152 Å². The number of nitrogens with zero attached hydrogens (tertiary/aromatic N) is 2. The topological polar surface area (TPSA) is 68.2 Å². The SMILES string of the molecule is COc1ccc([C@@H]2CC(c3ccccc3)=NN2C(=O)COC(C)=O)cc1. The molecule has 1 amide bonds. The second-order valence-corrected chi connectivity index (χ2v) is 5.92. The molecular weight excluding hydrogens is 332 g/mol. The fourth-order valence-corrected chi connectivity index (χ4v) is 2.86. The highest BCUT2D eigenvalue weighted by Crippen LogP contribution is 2.33. The number of carbonyl (C=O) groups is 2. The Bertz CT molecular complexity index is 815. The molecule has 0 fully saturated rings. The highest BCUT2D eigenvalue weighted by atomic mass is 16.5. The predicted molar refractivity (Wildman–Crippen MR) is 96.8 cm³/mol. The highest BCUT2D eigenvalue weighted by molar-refractivity contribution is 6.03. The number of esters is 1. The molecule has 0 bridgehead atoms. The van der Waals surface area contributed by atoms with E-state index in [-0.39, 0.29) is 18.6 Å². The summed E-state index contributed by atoms with van der Waals surface area (Å²) >= 11 is 0. The lowest BCUT2D eigenvalue weighted by Crippen LogP contribution is -2.31. The van der Waals surface area contributed by atoms with Crippen LogP contribution in [0.2, 0.25) is 0 Å². The average Bonchev–Trinajstić information content (AvgIpc) is 3.12. The maximum Gasteiger partial charge on any atom is 0.303 e. The summed E-state index contributed by atoms with van der Waals surface area (Å²) in [5, 5.41) is 5.92. The van der Waals surface area contributed by atoms with E-state index in [0.29, 0.717) is 6.42 Å². The van der Waals surface area contributed by atoms with Gasteiger partial charge in [-0.3, -0.25) is 9.59 Å². The summed E-state index contributed by atoms with van der Waals surface area (Å²) in [5.41, 5.74) is 2.73. The predicted octanol–water partition coefficient (Wildman–Crippen LogP) is 2.94. The van der Waals surface area contributed by atoms with Gasteiger partial charge in [0.15, 0.2) is 6.61 Å². The van der Waals surface area contributed by atoms with Crippen molar-refractivity contribution in [3.05, 3.63) is 65.7 Å². The zero-order chi connectivity index (χ0) is 18.5. The summed E-state index contributed by atoms with van der Waals surface area (Å²) < 4.78 is 10.1. The smallest absolute Gasteiger partial charge is 0.303 e. The molecule has 0 unspecified atom stereocenters. The van der Waals surface area contributed by atoms with Crippen molar-refractivity contribution in [2.75, 3.05) is 13.7 Å². The molecule has 1 aliphatic rings. The van der Waals surface area contributed by atoms with Gasteiger partial charge in [0.2, 0.25) is 0 Å². The number of amides is 1. The van der Waals surface area contributed by atoms with Crippen molar-refractivity contribution < 1.29 is 19.1 Å². The van der Waals surface area contributed by atoms with Gasteiger partial charge in [-0.05, 0) is 23.3 Å². The van der Waals surface area contributed by atoms with Crippen LogP contribution in [-0.2, 0) is 14.3 Å². The molecule has 0 saturated heterocycles. The first-order chi connectivity index (χ1) is 12.6. The minimum atomic E-state index is -0.495. The van der Waals surface area contributed by atoms with Crippen molar-refractivity contribution in [2.24, 2.45) is 5.10 Å². The zero-order valence-electron chi connectivity index (χ0n) is 14.7. The van der Waals surface area contributed by atoms with Gasteiger partial charge < -0.3 is 9.47 Å². The standard InChI is InChI=1S/C20H20N2O4/c1-14(23)26-13-20(24)22-19(16-8-10-17(25-2)11-9-16)12-18(21-22)15-6-4-3-5-7-15/h3-11,19H,12-13H2,1-2H3/t19-/m0/s1. The number of carbonyl (C=O) groups excluding carboxylic acids is 2. The number of methoxy groups -OCH3 is 1. The molecule has 134 valence electrons. The number of ether oxygens (including phenoxy) is 2. The first kappa shape index (κ1) is 17.7. The number of benzene rings is 2. The molecule has 6 nitrogen and oxygen atoms in total. The molecule has 2 aromatic rings. The lowest BCUT2D eigenvalue weighted by molar-refractivity contribution is -0.151. The fourth-order valence-electron chi connectivity index (χ4n) is 2.86. The van der Waals surface area contributed by atoms with Crippen molar-refractivity contribution in [3.63, 3.8) is 0 Å². The van der Waals surface area contributed by atoms with Crippen molar-refractivity contribution in [1.29, 1.82) is 0 Å². The van der Waals surface area contributed by atoms with E-state index in [0.717, 1.165) is 22.6 Å². The lowest BCUT2D eigenvalue weighted by Gasteiger charge is -2.22. The van der Waals surface area contributed by atoms with Crippen LogP contribution < -0.4 is 4.74 Å². The Morgan fingerprint density at radius 1 is 1.12 bits per heavy atom. The second-order valence-electron chi connectivity index (χ2n) is 5.92. The Balaban J connectivity index is 1.88. The van der Waals surface area contributed by atoms with Crippen LogP contribution in [0.25, 0.3) is 0 Å². The molecule has 0 aliphatic carbocycles. The van der Waals surface area contributed by atoms with Crippen LogP contribution in [0.5, 0.6) is 5.75 Å². The molecular formula is C20H20N2O4. The zero-order valence-corrected chi connectivity index (χ0v) is 14.7. The highest BCUT2D eigenvalue weighted by Gasteiger charge is 2.33. The summed E-state index contributed by atoms with van der Waals surface area (Å²) in [6.45, 7) is 0.949. The molecule has 0 N–H and O–H groups in total. The summed E-state index contributed by atoms with van der Waals surface area (Å²) in [5.74, 6) is -0.105. The number of rotatable bonds is 5. The van der Waals surface area contributed by atoms with Gasteiger partial charge in [0, 0.05) is 13.3 Å². The first-order valence-electron chi connectivity index (χ1n) is 8.30. The number of hydrogen-bond acceptors (Lipinski definition) is 5. The van der Waals surface area contributed by atoms with Crippen LogP contribution in [0.15, 0.2) is 59.7 Å². The van der Waals surface area contributed by atoms with Gasteiger partial charge in [-0.2, -0.15) is 5.10 Å². The molecule has 1 atom stereocenters. The third-order valence-corrected chi connectivity index (χ3v) is 4.17. The average molecular weight is 352 g/mol. The van der Waals surface area contributed by atoms with Gasteiger partial charge >= 0.3 is 5.97 Å². The van der Waals surface area contributed by atoms with E-state index < -0.39 is 5.97 Å². The summed E-state index contributed by atoms with van der Waals surface area (Å²) in [7, 11) is 1.61. The Morgan fingerprint density at radius 2 is 1.81 bits per heavy atom. The lowest BCUT2D eigenvalue weighted by atomic mass is 9.98. The van der Waals surface area contributed by atoms with Gasteiger partial charge in [0.1, 0.15) is 5.75 Å². The van der Waals surface area contributed by atoms with Crippen LogP contribution in [0, 0.1) is 0 Å². The normalized spacial score (nSPS) is 16.2. The molecule has 3 rings (SSSR count). The van der Waals surface area contributed by atoms with Gasteiger partial charge in [0.25, 0.3) is 5.91 Å². The Morgan fingerprint density at radius 3 is 2.42 bits per heavy atom. The molecule has 2 aromatic carbocycles. The van der Waals surface area contributed by atoms with E-state index in [1.807, 2.05) is 54.6 Å². The first-order valence-corrected chi connectivity index (χ1v) is 8.30. The van der Waals surface area contributed by atoms with E-state index in [1.54, 1.807) is 7.11 Å². The van der Waals surface area contributed by atoms with Crippen LogP contribution >= 0.6 is 0 Å². The van der Waals surface area contributed by atoms with E-state index in [4.69, 9.17) is 9.47 Å². The van der Waals surface area contributed by atoms with Crippen molar-refractivity contribution in [2.45, 2.75) is 19.4 Å². The Hall–Kier alpha value is -3.15. The van der Waals surface area contributed by atoms with Crippen molar-refractivity contribution >= 4 is 17.6 Å². The maximum atomic E-state index is 12.6. The van der Waals surface area contributed by atoms with E-state index in [9.17, 15) is 9.59 Å². The minimum absolute atomic E-state index is 0.251. The van der Waals surface area contributed by atoms with Crippen molar-refractivity contribution in [3.8, 4) is 5.75 Å². The largest absolute Gasteiger partial charge is 0.497 e. The summed E-state index contributed by atoms with van der Waals surface area (Å²) in [6, 6.07) is 17.0. The molecule has 0 saturated carbocycles. The van der Waals surface area contributed by atoms with Gasteiger partial charge in [-0.25, -0.2) is 5.01 Å². The number of hydrazone groups is 1. The van der Waals surface area contributed by atoms with Gasteiger partial charge in [-0.15, -0.1) is 0 Å². The van der Waals surface area contributed by atoms with Crippen LogP contribution in [0.4, 0.5) is 0 Å². The number of hydrogen-bond donors (Lipinski definition) is 0. The molecule has 1 aliphatic heterocycles. The molecule has 0 spiro atoms. The maximum absolute atomic E-state index is 12.6. The van der Waals surface area contributed by atoms with E-state index in [1.165, 1.54) is 11.9 Å². The summed E-state index contributed by atoms with van der Waals surface area (Å²) in [6.07, 6.45) is 0.585. The van der Waals surface area contributed by atoms with E-state index >= 15 is 0 Å². The van der Waals surface area contributed by atoms with Crippen LogP contribution in [-0.4, -0.2) is 36.3 Å². The summed E-state index contributed by atoms with van der Waals surface area (Å²) in [4.78, 5) is 23.6. The molecule has 0 radical (unpaired) electrons. The molecule has 26 heavy (non-hydrogen) atoms. The Kier molecular flexibility index (Phi) is 5.31. The van der Waals surface area contributed by atoms with Crippen molar-refractivity contribution in [1.82, 2.24) is 5.01 Å². The monoisotopic (exact) mass is 352 g/mol. The minimum Gasteiger partial charge on any atom is -0.497 e. The molecule has 1 heterocycles. The van der Waals surface area contributed by atoms with Gasteiger partial charge in [0.05, 0.1) is 18.9 Å². The van der Waals surface area contributed by atoms with E-state index in [2.05, 4.69) is 5.10 Å². The second kappa shape index (κ2) is 7.82. The third kappa shape index (κ3) is 3.91. The van der Waals surface area contributed by atoms with Crippen LogP contribution in [0.1, 0.15) is 30.5 Å². The van der Waals surface area contributed by atoms with Crippen LogP contribution in [0.3, 0.4) is 0 Å². The molecule has 0 aromatic heterocycles.